The van der Waals surface area contributed by atoms with E-state index in [1.165, 1.54) is 5.57 Å². The Balaban J connectivity index is 2.07. The number of nitrogens with one attached hydrogen (secondary N) is 1. The van der Waals surface area contributed by atoms with Gasteiger partial charge in [0.1, 0.15) is 22.9 Å². The molecule has 4 rings (SSSR count). The summed E-state index contributed by atoms with van der Waals surface area (Å²) in [4.78, 5) is 14.5. The van der Waals surface area contributed by atoms with Gasteiger partial charge in [0.25, 0.3) is 0 Å². The second-order valence-corrected chi connectivity index (χ2v) is 11.8. The number of hydrogen-bond acceptors (Lipinski definition) is 6. The Bertz CT molecular complexity index is 1180. The average molecular weight is 505 g/mol. The number of hydrazone groups is 1. The van der Waals surface area contributed by atoms with E-state index in [2.05, 4.69) is 61.0 Å². The van der Waals surface area contributed by atoms with E-state index in [-0.39, 0.29) is 18.2 Å². The molecule has 0 aromatic carbocycles. The zero-order chi connectivity index (χ0) is 22.8. The predicted molar refractivity (Wildman–Crippen MR) is 132 cm³/mol. The van der Waals surface area contributed by atoms with Crippen molar-refractivity contribution in [2.75, 3.05) is 0 Å². The minimum Gasteiger partial charge on any atom is -0.443 e. The van der Waals surface area contributed by atoms with Crippen molar-refractivity contribution in [3.8, 4) is 0 Å². The van der Waals surface area contributed by atoms with Gasteiger partial charge in [-0.1, -0.05) is 13.8 Å². The van der Waals surface area contributed by atoms with Gasteiger partial charge in [0.15, 0.2) is 0 Å². The van der Waals surface area contributed by atoms with Crippen molar-refractivity contribution in [2.45, 2.75) is 73.1 Å². The minimum atomic E-state index is -0.595. The molecule has 0 radical (unpaired) electrons. The van der Waals surface area contributed by atoms with Crippen molar-refractivity contribution >= 4 is 55.5 Å². The minimum absolute atomic E-state index is 0.0215. The van der Waals surface area contributed by atoms with E-state index >= 15 is 0 Å². The zero-order valence-electron chi connectivity index (χ0n) is 19.3. The van der Waals surface area contributed by atoms with E-state index in [9.17, 15) is 4.79 Å². The third kappa shape index (κ3) is 3.53. The largest absolute Gasteiger partial charge is 0.443 e. The lowest BCUT2D eigenvalue weighted by Gasteiger charge is -2.30. The van der Waals surface area contributed by atoms with Crippen molar-refractivity contribution in [2.24, 2.45) is 5.10 Å². The molecule has 8 heteroatoms. The highest BCUT2D eigenvalue weighted by atomic mass is 79.9. The summed E-state index contributed by atoms with van der Waals surface area (Å²) in [6.07, 6.45) is 3.43. The van der Waals surface area contributed by atoms with Gasteiger partial charge in [0, 0.05) is 17.2 Å². The highest BCUT2D eigenvalue weighted by molar-refractivity contribution is 9.11. The van der Waals surface area contributed by atoms with Crippen LogP contribution in [0.3, 0.4) is 0 Å². The standard InChI is InChI=1S/C23H29BrN4O2S/c1-11(2)16-17-14(5)19(24)31-21(17)28(22(29)30-23(6,7)8)18(16)15-9-27-20(25-10-26-27)13(4)12(15)3/h9-11,20H,1-8H3,(H,25,26). The fourth-order valence-corrected chi connectivity index (χ4v) is 5.93. The highest BCUT2D eigenvalue weighted by Crippen LogP contribution is 2.47. The maximum absolute atomic E-state index is 13.5. The lowest BCUT2D eigenvalue weighted by atomic mass is 9.89. The van der Waals surface area contributed by atoms with E-state index in [0.717, 1.165) is 42.0 Å². The number of aryl methyl sites for hydroxylation is 1. The molecule has 0 fully saturated rings. The molecule has 2 aliphatic heterocycles. The van der Waals surface area contributed by atoms with Gasteiger partial charge in [0.2, 0.25) is 0 Å². The summed E-state index contributed by atoms with van der Waals surface area (Å²) in [6, 6.07) is 0. The summed E-state index contributed by atoms with van der Waals surface area (Å²) in [6.45, 7) is 16.4. The van der Waals surface area contributed by atoms with Crippen LogP contribution in [-0.4, -0.2) is 33.8 Å². The lowest BCUT2D eigenvalue weighted by Crippen LogP contribution is -2.37. The number of allylic oxidation sites excluding steroid dienone is 2. The summed E-state index contributed by atoms with van der Waals surface area (Å²) in [7, 11) is 0. The Hall–Kier alpha value is -2.06. The van der Waals surface area contributed by atoms with Crippen LogP contribution >= 0.6 is 27.3 Å². The number of fused-ring (bicyclic) bond motifs is 2. The first-order chi connectivity index (χ1) is 14.4. The normalized spacial score (nSPS) is 18.7. The van der Waals surface area contributed by atoms with Gasteiger partial charge in [-0.25, -0.2) is 14.4 Å². The SMILES string of the molecule is CC1=C(C)C2NC=NN2C=C1c1c(C(C)C)c2c(C)c(Br)sc2n1C(=O)OC(C)(C)C. The Labute approximate surface area is 195 Å². The van der Waals surface area contributed by atoms with Crippen LogP contribution in [0.15, 0.2) is 26.2 Å². The Morgan fingerprint density at radius 3 is 2.58 bits per heavy atom. The van der Waals surface area contributed by atoms with Crippen LogP contribution in [-0.2, 0) is 4.74 Å². The number of ether oxygens (including phenoxy) is 1. The summed E-state index contributed by atoms with van der Waals surface area (Å²) in [5, 5.41) is 10.8. The molecule has 0 bridgehead atoms. The van der Waals surface area contributed by atoms with E-state index < -0.39 is 5.60 Å². The molecule has 31 heavy (non-hydrogen) atoms. The molecule has 166 valence electrons. The number of carbonyl (C=O) groups is 1. The number of nitrogens with zero attached hydrogens (tertiary/aromatic N) is 3. The van der Waals surface area contributed by atoms with Crippen molar-refractivity contribution in [1.29, 1.82) is 0 Å². The quantitative estimate of drug-likeness (QED) is 0.503. The van der Waals surface area contributed by atoms with Crippen LogP contribution in [0.2, 0.25) is 0 Å². The average Bonchev–Trinajstić information content (AvgIpc) is 3.31. The van der Waals surface area contributed by atoms with E-state index in [1.807, 2.05) is 32.0 Å². The number of halogens is 1. The molecule has 6 nitrogen and oxygen atoms in total. The van der Waals surface area contributed by atoms with Crippen LogP contribution in [0.1, 0.15) is 71.2 Å². The lowest BCUT2D eigenvalue weighted by molar-refractivity contribution is 0.0543. The number of aromatic nitrogens is 1. The summed E-state index contributed by atoms with van der Waals surface area (Å²) in [5.41, 5.74) is 5.95. The van der Waals surface area contributed by atoms with Gasteiger partial charge >= 0.3 is 6.09 Å². The Morgan fingerprint density at radius 1 is 1.29 bits per heavy atom. The van der Waals surface area contributed by atoms with E-state index in [0.29, 0.717) is 0 Å². The topological polar surface area (TPSA) is 58.9 Å². The second kappa shape index (κ2) is 7.52. The number of rotatable bonds is 2. The third-order valence-electron chi connectivity index (χ3n) is 5.78. The summed E-state index contributed by atoms with van der Waals surface area (Å²) >= 11 is 5.27. The molecule has 2 aromatic rings. The summed E-state index contributed by atoms with van der Waals surface area (Å²) < 4.78 is 8.68. The van der Waals surface area contributed by atoms with Crippen LogP contribution in [0.4, 0.5) is 4.79 Å². The zero-order valence-corrected chi connectivity index (χ0v) is 21.7. The molecule has 0 amide bonds. The molecule has 0 saturated carbocycles. The van der Waals surface area contributed by atoms with Crippen LogP contribution in [0, 0.1) is 6.92 Å². The molecular formula is C23H29BrN4O2S. The molecule has 2 aliphatic rings. The number of hydrogen-bond donors (Lipinski definition) is 1. The fourth-order valence-electron chi connectivity index (χ4n) is 4.23. The molecule has 4 heterocycles. The molecular weight excluding hydrogens is 476 g/mol. The van der Waals surface area contributed by atoms with Crippen molar-refractivity contribution in [1.82, 2.24) is 14.9 Å². The molecule has 1 N–H and O–H groups in total. The van der Waals surface area contributed by atoms with Gasteiger partial charge in [-0.2, -0.15) is 5.10 Å². The monoisotopic (exact) mass is 504 g/mol. The molecule has 0 saturated heterocycles. The number of carbonyl (C=O) groups excluding carboxylic acids is 1. The number of thiophene rings is 1. The van der Waals surface area contributed by atoms with Gasteiger partial charge in [-0.05, 0) is 85.7 Å². The molecule has 2 aromatic heterocycles. The highest BCUT2D eigenvalue weighted by Gasteiger charge is 2.35. The Kier molecular flexibility index (Phi) is 5.37. The van der Waals surface area contributed by atoms with Crippen molar-refractivity contribution < 1.29 is 9.53 Å². The Morgan fingerprint density at radius 2 is 1.97 bits per heavy atom. The molecule has 0 aliphatic carbocycles. The van der Waals surface area contributed by atoms with Crippen molar-refractivity contribution in [3.63, 3.8) is 0 Å². The molecule has 1 atom stereocenters. The van der Waals surface area contributed by atoms with Gasteiger partial charge in [0.05, 0.1) is 9.48 Å². The van der Waals surface area contributed by atoms with Crippen LogP contribution in [0.5, 0.6) is 0 Å². The fraction of sp³-hybridized carbons (Fsp3) is 0.478. The van der Waals surface area contributed by atoms with Crippen molar-refractivity contribution in [3.05, 3.63) is 38.0 Å². The van der Waals surface area contributed by atoms with Crippen LogP contribution < -0.4 is 5.32 Å². The second-order valence-electron chi connectivity index (χ2n) is 9.46. The first-order valence-corrected chi connectivity index (χ1v) is 12.1. The maximum atomic E-state index is 13.5. The maximum Gasteiger partial charge on any atom is 0.420 e. The van der Waals surface area contributed by atoms with E-state index in [1.54, 1.807) is 22.2 Å². The third-order valence-corrected chi connectivity index (χ3v) is 7.93. The predicted octanol–water partition coefficient (Wildman–Crippen LogP) is 6.55. The van der Waals surface area contributed by atoms with Gasteiger partial charge in [-0.15, -0.1) is 11.3 Å². The van der Waals surface area contributed by atoms with Gasteiger partial charge < -0.3 is 10.1 Å². The van der Waals surface area contributed by atoms with Crippen LogP contribution in [0.25, 0.3) is 15.8 Å². The molecule has 0 spiro atoms. The van der Waals surface area contributed by atoms with E-state index in [4.69, 9.17) is 4.74 Å². The first kappa shape index (κ1) is 22.1. The van der Waals surface area contributed by atoms with Gasteiger partial charge in [-0.3, -0.25) is 0 Å². The smallest absolute Gasteiger partial charge is 0.420 e. The first-order valence-electron chi connectivity index (χ1n) is 10.5. The summed E-state index contributed by atoms with van der Waals surface area (Å²) in [5.74, 6) is 0.216. The molecule has 1 unspecified atom stereocenters.